The second-order valence-corrected chi connectivity index (χ2v) is 8.11. The summed E-state index contributed by atoms with van der Waals surface area (Å²) in [7, 11) is -3.64. The van der Waals surface area contributed by atoms with Gasteiger partial charge < -0.3 is 10.1 Å². The molecule has 0 radical (unpaired) electrons. The summed E-state index contributed by atoms with van der Waals surface area (Å²) in [6.07, 6.45) is -3.22. The maximum atomic E-state index is 12.5. The Morgan fingerprint density at radius 2 is 1.77 bits per heavy atom. The van der Waals surface area contributed by atoms with Gasteiger partial charge in [0.25, 0.3) is 5.91 Å². The van der Waals surface area contributed by atoms with Gasteiger partial charge in [0.1, 0.15) is 0 Å². The topological polar surface area (TPSA) is 88.6 Å². The molecule has 1 aromatic heterocycles. The van der Waals surface area contributed by atoms with Gasteiger partial charge in [0.2, 0.25) is 15.9 Å². The molecule has 0 atom stereocenters. The van der Waals surface area contributed by atoms with Crippen molar-refractivity contribution in [3.8, 4) is 5.88 Å². The van der Waals surface area contributed by atoms with Crippen molar-refractivity contribution >= 4 is 15.9 Å². The Kier molecular flexibility index (Phi) is 7.79. The number of nitrogens with zero attached hydrogens (tertiary/aromatic N) is 2. The zero-order valence-corrected chi connectivity index (χ0v) is 17.3. The molecule has 2 rings (SSSR count). The van der Waals surface area contributed by atoms with Gasteiger partial charge in [-0.1, -0.05) is 19.9 Å². The number of ether oxygens (including phenoxy) is 1. The summed E-state index contributed by atoms with van der Waals surface area (Å²) in [4.78, 5) is 16.2. The standard InChI is InChI=1S/C19H22F3N3O4S/c1-3-25(4-2)30(27,28)16-9-7-14(8-10-16)17(26)24-12-15-6-5-11-23-18(15)29-13-19(20,21)22/h5-11H,3-4,12-13H2,1-2H3,(H,24,26). The Morgan fingerprint density at radius 3 is 2.33 bits per heavy atom. The summed E-state index contributed by atoms with van der Waals surface area (Å²) in [5.41, 5.74) is 0.478. The number of nitrogens with one attached hydrogen (secondary N) is 1. The molecule has 30 heavy (non-hydrogen) atoms. The summed E-state index contributed by atoms with van der Waals surface area (Å²) in [6.45, 7) is 2.50. The van der Waals surface area contributed by atoms with E-state index in [9.17, 15) is 26.4 Å². The van der Waals surface area contributed by atoms with Crippen molar-refractivity contribution in [2.24, 2.45) is 0 Å². The number of alkyl halides is 3. The van der Waals surface area contributed by atoms with Crippen molar-refractivity contribution in [3.05, 3.63) is 53.7 Å². The van der Waals surface area contributed by atoms with Crippen LogP contribution < -0.4 is 10.1 Å². The van der Waals surface area contributed by atoms with Crippen LogP contribution in [0.5, 0.6) is 5.88 Å². The second-order valence-electron chi connectivity index (χ2n) is 6.17. The van der Waals surface area contributed by atoms with E-state index in [0.29, 0.717) is 13.1 Å². The van der Waals surface area contributed by atoms with E-state index >= 15 is 0 Å². The van der Waals surface area contributed by atoms with E-state index in [1.54, 1.807) is 13.8 Å². The molecule has 0 saturated heterocycles. The zero-order chi connectivity index (χ0) is 22.4. The molecule has 0 unspecified atom stereocenters. The van der Waals surface area contributed by atoms with E-state index in [0.717, 1.165) is 0 Å². The van der Waals surface area contributed by atoms with Gasteiger partial charge in [0.05, 0.1) is 4.90 Å². The van der Waals surface area contributed by atoms with Crippen LogP contribution in [0.3, 0.4) is 0 Å². The third kappa shape index (κ3) is 6.17. The number of hydrogen-bond donors (Lipinski definition) is 1. The Morgan fingerprint density at radius 1 is 1.13 bits per heavy atom. The molecule has 1 heterocycles. The minimum atomic E-state index is -4.51. The van der Waals surface area contributed by atoms with Crippen LogP contribution in [0.4, 0.5) is 13.2 Å². The number of hydrogen-bond acceptors (Lipinski definition) is 5. The SMILES string of the molecule is CCN(CC)S(=O)(=O)c1ccc(C(=O)NCc2cccnc2OCC(F)(F)F)cc1. The maximum Gasteiger partial charge on any atom is 0.422 e. The fraction of sp³-hybridized carbons (Fsp3) is 0.368. The first-order valence-corrected chi connectivity index (χ1v) is 10.5. The number of halogens is 3. The summed E-state index contributed by atoms with van der Waals surface area (Å²) in [5, 5.41) is 2.56. The first kappa shape index (κ1) is 23.6. The van der Waals surface area contributed by atoms with E-state index in [-0.39, 0.29) is 28.4 Å². The average molecular weight is 445 g/mol. The molecule has 7 nitrogen and oxygen atoms in total. The van der Waals surface area contributed by atoms with Gasteiger partial charge in [-0.2, -0.15) is 17.5 Å². The van der Waals surface area contributed by atoms with Gasteiger partial charge in [0.15, 0.2) is 6.61 Å². The number of aromatic nitrogens is 1. The second kappa shape index (κ2) is 9.90. The quantitative estimate of drug-likeness (QED) is 0.641. The van der Waals surface area contributed by atoms with Crippen molar-refractivity contribution in [1.82, 2.24) is 14.6 Å². The van der Waals surface area contributed by atoms with E-state index in [1.807, 2.05) is 0 Å². The van der Waals surface area contributed by atoms with Crippen molar-refractivity contribution in [2.45, 2.75) is 31.5 Å². The molecule has 0 spiro atoms. The molecule has 1 aromatic carbocycles. The predicted molar refractivity (Wildman–Crippen MR) is 104 cm³/mol. The Hall–Kier alpha value is -2.66. The van der Waals surface area contributed by atoms with Crippen molar-refractivity contribution < 1.29 is 31.1 Å². The first-order chi connectivity index (χ1) is 14.1. The fourth-order valence-corrected chi connectivity index (χ4v) is 4.07. The highest BCUT2D eigenvalue weighted by Gasteiger charge is 2.29. The highest BCUT2D eigenvalue weighted by Crippen LogP contribution is 2.20. The zero-order valence-electron chi connectivity index (χ0n) is 16.4. The smallest absolute Gasteiger partial charge is 0.422 e. The Labute approximate surface area is 172 Å². The van der Waals surface area contributed by atoms with Gasteiger partial charge in [-0.25, -0.2) is 13.4 Å². The van der Waals surface area contributed by atoms with Crippen LogP contribution in [0.1, 0.15) is 29.8 Å². The molecule has 0 aliphatic carbocycles. The lowest BCUT2D eigenvalue weighted by Gasteiger charge is -2.18. The van der Waals surface area contributed by atoms with E-state index in [1.165, 1.54) is 46.9 Å². The molecule has 0 aliphatic rings. The first-order valence-electron chi connectivity index (χ1n) is 9.10. The minimum absolute atomic E-state index is 0.0675. The number of amides is 1. The van der Waals surface area contributed by atoms with Crippen LogP contribution in [0, 0.1) is 0 Å². The lowest BCUT2D eigenvalue weighted by atomic mass is 10.2. The molecule has 164 valence electrons. The number of sulfonamides is 1. The van der Waals surface area contributed by atoms with Crippen LogP contribution >= 0.6 is 0 Å². The summed E-state index contributed by atoms with van der Waals surface area (Å²) in [6, 6.07) is 8.41. The maximum absolute atomic E-state index is 12.5. The monoisotopic (exact) mass is 445 g/mol. The Balaban J connectivity index is 2.06. The summed E-state index contributed by atoms with van der Waals surface area (Å²) < 4.78 is 68.0. The average Bonchev–Trinajstić information content (AvgIpc) is 2.71. The molecule has 1 N–H and O–H groups in total. The normalized spacial score (nSPS) is 12.1. The van der Waals surface area contributed by atoms with Gasteiger partial charge in [0, 0.05) is 37.0 Å². The fourth-order valence-electron chi connectivity index (χ4n) is 2.61. The number of pyridine rings is 1. The largest absolute Gasteiger partial charge is 0.468 e. The van der Waals surface area contributed by atoms with Crippen LogP contribution in [-0.2, 0) is 16.6 Å². The van der Waals surface area contributed by atoms with Crippen molar-refractivity contribution in [1.29, 1.82) is 0 Å². The lowest BCUT2D eigenvalue weighted by molar-refractivity contribution is -0.154. The van der Waals surface area contributed by atoms with Gasteiger partial charge in [-0.15, -0.1) is 0 Å². The predicted octanol–water partition coefficient (Wildman–Crippen LogP) is 2.98. The van der Waals surface area contributed by atoms with Crippen LogP contribution in [0.25, 0.3) is 0 Å². The molecule has 11 heteroatoms. The highest BCUT2D eigenvalue weighted by molar-refractivity contribution is 7.89. The number of rotatable bonds is 9. The summed E-state index contributed by atoms with van der Waals surface area (Å²) in [5.74, 6) is -0.747. The van der Waals surface area contributed by atoms with Crippen molar-refractivity contribution in [3.63, 3.8) is 0 Å². The van der Waals surface area contributed by atoms with Crippen molar-refractivity contribution in [2.75, 3.05) is 19.7 Å². The lowest BCUT2D eigenvalue weighted by Crippen LogP contribution is -2.30. The molecule has 0 fully saturated rings. The number of benzene rings is 1. The third-order valence-electron chi connectivity index (χ3n) is 4.12. The molecule has 1 amide bonds. The highest BCUT2D eigenvalue weighted by atomic mass is 32.2. The number of carbonyl (C=O) groups is 1. The van der Waals surface area contributed by atoms with E-state index in [4.69, 9.17) is 0 Å². The third-order valence-corrected chi connectivity index (χ3v) is 6.19. The Bertz CT molecular complexity index is 960. The van der Waals surface area contributed by atoms with Crippen LogP contribution in [0.2, 0.25) is 0 Å². The molecule has 0 saturated carbocycles. The minimum Gasteiger partial charge on any atom is -0.468 e. The molecular formula is C19H22F3N3O4S. The molecule has 0 bridgehead atoms. The van der Waals surface area contributed by atoms with Crippen LogP contribution in [0.15, 0.2) is 47.5 Å². The molecule has 0 aliphatic heterocycles. The number of carbonyl (C=O) groups excluding carboxylic acids is 1. The molecule has 2 aromatic rings. The van der Waals surface area contributed by atoms with Gasteiger partial charge in [-0.3, -0.25) is 4.79 Å². The molecular weight excluding hydrogens is 423 g/mol. The van der Waals surface area contributed by atoms with Gasteiger partial charge >= 0.3 is 6.18 Å². The van der Waals surface area contributed by atoms with E-state index < -0.39 is 28.7 Å². The van der Waals surface area contributed by atoms with Crippen LogP contribution in [-0.4, -0.2) is 49.5 Å². The van der Waals surface area contributed by atoms with E-state index in [2.05, 4.69) is 15.0 Å². The summed E-state index contributed by atoms with van der Waals surface area (Å²) >= 11 is 0. The van der Waals surface area contributed by atoms with Gasteiger partial charge in [-0.05, 0) is 30.3 Å².